The van der Waals surface area contributed by atoms with Crippen molar-refractivity contribution in [3.05, 3.63) is 58.9 Å². The van der Waals surface area contributed by atoms with Crippen LogP contribution in [0.25, 0.3) is 11.8 Å². The average Bonchev–Trinajstić information content (AvgIpc) is 2.91. The van der Waals surface area contributed by atoms with Crippen molar-refractivity contribution in [2.75, 3.05) is 0 Å². The standard InChI is InChI=1S/C15H14N.2FH.Zr/c1-11-5-6-12(2)15-10-13(9-14(11)15)16-7-3-4-8-16;;;/h3-10H,1-2H3;2*1H;/q;;;+2/p-2. The maximum absolute atomic E-state index is 2.36. The molecule has 1 nitrogen and oxygen atoms in total. The molecule has 1 aromatic carbocycles. The van der Waals surface area contributed by atoms with Crippen molar-refractivity contribution in [3.8, 4) is 0 Å². The van der Waals surface area contributed by atoms with Gasteiger partial charge >= 0.3 is 117 Å². The molecule has 1 aromatic heterocycles. The van der Waals surface area contributed by atoms with Gasteiger partial charge in [-0.1, -0.05) is 0 Å². The zero-order valence-corrected chi connectivity index (χ0v) is 13.3. The Labute approximate surface area is 126 Å². The Morgan fingerprint density at radius 2 is 1.58 bits per heavy atom. The number of rotatable bonds is 1. The molecular formula is C15H14F2NZr. The average molecular weight is 338 g/mol. The van der Waals surface area contributed by atoms with Gasteiger partial charge in [-0.3, -0.25) is 0 Å². The van der Waals surface area contributed by atoms with Gasteiger partial charge in [-0.05, 0) is 0 Å². The van der Waals surface area contributed by atoms with Crippen LogP contribution in [0.5, 0.6) is 0 Å². The molecule has 3 rings (SSSR count). The summed E-state index contributed by atoms with van der Waals surface area (Å²) in [5.74, 6) is 0. The van der Waals surface area contributed by atoms with Gasteiger partial charge in [0, 0.05) is 0 Å². The molecule has 0 fully saturated rings. The number of nitrogens with zero attached hydrogens (tertiary/aromatic N) is 1. The predicted octanol–water partition coefficient (Wildman–Crippen LogP) is -2.29. The van der Waals surface area contributed by atoms with Gasteiger partial charge in [0.1, 0.15) is 0 Å². The molecule has 1 heterocycles. The van der Waals surface area contributed by atoms with Crippen molar-refractivity contribution >= 4 is 11.8 Å². The first-order valence-corrected chi connectivity index (χ1v) is 7.26. The molecule has 0 N–H and O–H groups in total. The van der Waals surface area contributed by atoms with Crippen molar-refractivity contribution in [1.82, 2.24) is 4.57 Å². The van der Waals surface area contributed by atoms with E-state index in [0.29, 0.717) is 3.63 Å². The number of hydrogen-bond donors (Lipinski definition) is 0. The van der Waals surface area contributed by atoms with E-state index in [1.165, 1.54) is 28.0 Å². The summed E-state index contributed by atoms with van der Waals surface area (Å²) in [7, 11) is 0. The van der Waals surface area contributed by atoms with E-state index in [1.54, 1.807) is 24.7 Å². The number of benzene rings is 1. The molecule has 0 spiro atoms. The number of halogens is 2. The minimum Gasteiger partial charge on any atom is -1.00 e. The van der Waals surface area contributed by atoms with Crippen molar-refractivity contribution in [2.45, 2.75) is 17.5 Å². The van der Waals surface area contributed by atoms with Crippen molar-refractivity contribution in [2.24, 2.45) is 0 Å². The molecule has 2 aromatic rings. The fourth-order valence-corrected chi connectivity index (χ4v) is 4.05. The molecule has 0 saturated heterocycles. The third-order valence-electron chi connectivity index (χ3n) is 3.50. The molecule has 0 radical (unpaired) electrons. The van der Waals surface area contributed by atoms with Gasteiger partial charge in [0.05, 0.1) is 0 Å². The van der Waals surface area contributed by atoms with Gasteiger partial charge < -0.3 is 9.41 Å². The molecule has 0 aliphatic heterocycles. The number of fused-ring (bicyclic) bond motifs is 1. The molecule has 0 bridgehead atoms. The topological polar surface area (TPSA) is 4.93 Å². The summed E-state index contributed by atoms with van der Waals surface area (Å²) in [6.45, 7) is 4.43. The zero-order valence-electron chi connectivity index (χ0n) is 10.8. The van der Waals surface area contributed by atoms with Gasteiger partial charge in [-0.25, -0.2) is 0 Å². The Balaban J connectivity index is 0.000000902. The smallest absolute Gasteiger partial charge is 1.00 e. The van der Waals surface area contributed by atoms with Crippen LogP contribution in [0.3, 0.4) is 0 Å². The van der Waals surface area contributed by atoms with E-state index in [0.717, 1.165) is 0 Å². The van der Waals surface area contributed by atoms with Gasteiger partial charge in [-0.15, -0.1) is 0 Å². The quantitative estimate of drug-likeness (QED) is 0.552. The van der Waals surface area contributed by atoms with Crippen LogP contribution in [-0.4, -0.2) is 4.57 Å². The largest absolute Gasteiger partial charge is 1.00 e. The maximum atomic E-state index is 2.36. The third kappa shape index (κ3) is 2.51. The first kappa shape index (κ1) is 16.0. The first-order chi connectivity index (χ1) is 8.18. The number of aryl methyl sites for hydroxylation is 2. The third-order valence-corrected chi connectivity index (χ3v) is 4.94. The summed E-state index contributed by atoms with van der Waals surface area (Å²) in [6, 6.07) is 8.66. The molecule has 1 aliphatic rings. The molecule has 97 valence electrons. The molecule has 1 atom stereocenters. The van der Waals surface area contributed by atoms with Crippen LogP contribution in [0.15, 0.2) is 36.7 Å². The minimum absolute atomic E-state index is 0. The minimum atomic E-state index is 0. The van der Waals surface area contributed by atoms with Crippen LogP contribution in [0.4, 0.5) is 0 Å². The van der Waals surface area contributed by atoms with E-state index in [1.807, 2.05) is 0 Å². The second-order valence-electron chi connectivity index (χ2n) is 4.62. The summed E-state index contributed by atoms with van der Waals surface area (Å²) in [5, 5.41) is 0. The predicted molar refractivity (Wildman–Crippen MR) is 67.3 cm³/mol. The van der Waals surface area contributed by atoms with E-state index in [-0.39, 0.29) is 9.41 Å². The summed E-state index contributed by atoms with van der Waals surface area (Å²) >= 11 is 1.56. The van der Waals surface area contributed by atoms with Gasteiger partial charge in [-0.2, -0.15) is 0 Å². The SMILES string of the molecule is Cc1ccc(C)c2c1C=C(n1cccc1)[C@H]2[Zr+2].[F-].[F-]. The van der Waals surface area contributed by atoms with Crippen LogP contribution in [0.1, 0.15) is 25.9 Å². The molecular weight excluding hydrogens is 323 g/mol. The van der Waals surface area contributed by atoms with Crippen molar-refractivity contribution in [1.29, 1.82) is 0 Å². The fraction of sp³-hybridized carbons (Fsp3) is 0.200. The summed E-state index contributed by atoms with van der Waals surface area (Å²) in [4.78, 5) is 0. The van der Waals surface area contributed by atoms with E-state index < -0.39 is 0 Å². The first-order valence-electron chi connectivity index (χ1n) is 5.84. The van der Waals surface area contributed by atoms with Crippen LogP contribution in [-0.2, 0) is 24.7 Å². The van der Waals surface area contributed by atoms with E-state index in [9.17, 15) is 0 Å². The molecule has 4 heteroatoms. The Kier molecular flexibility index (Phi) is 5.03. The number of hydrogen-bond acceptors (Lipinski definition) is 0. The van der Waals surface area contributed by atoms with Crippen molar-refractivity contribution < 1.29 is 34.1 Å². The van der Waals surface area contributed by atoms with Crippen LogP contribution >= 0.6 is 0 Å². The Morgan fingerprint density at radius 1 is 1.00 bits per heavy atom. The van der Waals surface area contributed by atoms with Gasteiger partial charge in [0.2, 0.25) is 0 Å². The van der Waals surface area contributed by atoms with E-state index in [2.05, 4.69) is 61.1 Å². The molecule has 19 heavy (non-hydrogen) atoms. The molecule has 0 amide bonds. The Bertz CT molecular complexity index is 603. The maximum Gasteiger partial charge on any atom is -1.00 e. The molecule has 0 unspecified atom stereocenters. The monoisotopic (exact) mass is 336 g/mol. The molecule has 1 aliphatic carbocycles. The van der Waals surface area contributed by atoms with Crippen LogP contribution in [0.2, 0.25) is 0 Å². The summed E-state index contributed by atoms with van der Waals surface area (Å²) in [6.07, 6.45) is 6.63. The Morgan fingerprint density at radius 3 is 2.16 bits per heavy atom. The fourth-order valence-electron chi connectivity index (χ4n) is 2.54. The van der Waals surface area contributed by atoms with Crippen LogP contribution in [0, 0.1) is 13.8 Å². The number of allylic oxidation sites excluding steroid dienone is 1. The van der Waals surface area contributed by atoms with Gasteiger partial charge in [0.15, 0.2) is 0 Å². The summed E-state index contributed by atoms with van der Waals surface area (Å²) in [5.41, 5.74) is 7.20. The zero-order chi connectivity index (χ0) is 12.0. The summed E-state index contributed by atoms with van der Waals surface area (Å²) < 4.78 is 2.82. The second kappa shape index (κ2) is 5.96. The Hall–Kier alpha value is -1.02. The van der Waals surface area contributed by atoms with Crippen molar-refractivity contribution in [3.63, 3.8) is 0 Å². The van der Waals surface area contributed by atoms with Gasteiger partial charge in [0.25, 0.3) is 0 Å². The van der Waals surface area contributed by atoms with Crippen LogP contribution < -0.4 is 9.41 Å². The van der Waals surface area contributed by atoms with E-state index in [4.69, 9.17) is 0 Å². The van der Waals surface area contributed by atoms with E-state index >= 15 is 0 Å². The normalized spacial score (nSPS) is 16.2. The number of aromatic nitrogens is 1. The molecule has 0 saturated carbocycles. The second-order valence-corrected chi connectivity index (χ2v) is 6.04.